The van der Waals surface area contributed by atoms with E-state index in [2.05, 4.69) is 64.9 Å². The second-order valence-corrected chi connectivity index (χ2v) is 11.8. The molecule has 1 atom stereocenters. The van der Waals surface area contributed by atoms with Crippen LogP contribution in [0.3, 0.4) is 0 Å². The van der Waals surface area contributed by atoms with Crippen molar-refractivity contribution < 1.29 is 19.2 Å². The van der Waals surface area contributed by atoms with E-state index >= 15 is 0 Å². The van der Waals surface area contributed by atoms with Crippen LogP contribution < -0.4 is 10.8 Å². The Morgan fingerprint density at radius 1 is 0.795 bits per heavy atom. The van der Waals surface area contributed by atoms with Gasteiger partial charge >= 0.3 is 6.09 Å². The summed E-state index contributed by atoms with van der Waals surface area (Å²) in [5.74, 6) is -0.519. The molecule has 1 heterocycles. The SMILES string of the molecule is CCn1cc(-c2cccc(C(ONC(=O)C(C)NC(=O)OC(C)(C)C)(c3ccccc3)c3ccccc3)c2)c2ccccc21. The van der Waals surface area contributed by atoms with Gasteiger partial charge in [-0.2, -0.15) is 0 Å². The summed E-state index contributed by atoms with van der Waals surface area (Å²) in [4.78, 5) is 32.3. The molecule has 44 heavy (non-hydrogen) atoms. The lowest BCUT2D eigenvalue weighted by molar-refractivity contribution is -0.145. The molecule has 1 unspecified atom stereocenters. The first-order chi connectivity index (χ1) is 21.1. The van der Waals surface area contributed by atoms with Crippen molar-refractivity contribution in [3.05, 3.63) is 132 Å². The Labute approximate surface area is 258 Å². The molecule has 4 aromatic carbocycles. The highest BCUT2D eigenvalue weighted by Gasteiger charge is 2.40. The Bertz CT molecular complexity index is 1700. The lowest BCUT2D eigenvalue weighted by Crippen LogP contribution is -2.49. The maximum absolute atomic E-state index is 13.3. The van der Waals surface area contributed by atoms with Gasteiger partial charge in [0.25, 0.3) is 5.91 Å². The fourth-order valence-corrected chi connectivity index (χ4v) is 5.43. The second kappa shape index (κ2) is 12.8. The van der Waals surface area contributed by atoms with Gasteiger partial charge in [0.05, 0.1) is 0 Å². The smallest absolute Gasteiger partial charge is 0.408 e. The van der Waals surface area contributed by atoms with Crippen molar-refractivity contribution in [2.45, 2.75) is 58.4 Å². The number of carbonyl (C=O) groups is 2. The van der Waals surface area contributed by atoms with E-state index in [0.29, 0.717) is 0 Å². The maximum atomic E-state index is 13.3. The summed E-state index contributed by atoms with van der Waals surface area (Å²) < 4.78 is 7.58. The number of aryl methyl sites for hydroxylation is 1. The number of ether oxygens (including phenoxy) is 1. The molecule has 1 aromatic heterocycles. The average Bonchev–Trinajstić information content (AvgIpc) is 3.40. The van der Waals surface area contributed by atoms with Crippen LogP contribution in [0, 0.1) is 0 Å². The van der Waals surface area contributed by atoms with E-state index in [1.807, 2.05) is 72.8 Å². The van der Waals surface area contributed by atoms with Crippen LogP contribution in [0.4, 0.5) is 4.79 Å². The van der Waals surface area contributed by atoms with Crippen LogP contribution in [-0.2, 0) is 26.5 Å². The summed E-state index contributed by atoms with van der Waals surface area (Å²) in [6.45, 7) is 9.87. The molecule has 226 valence electrons. The lowest BCUT2D eigenvalue weighted by Gasteiger charge is -2.35. The fourth-order valence-electron chi connectivity index (χ4n) is 5.43. The number of aromatic nitrogens is 1. The first-order valence-corrected chi connectivity index (χ1v) is 14.9. The largest absolute Gasteiger partial charge is 0.444 e. The number of benzene rings is 4. The predicted molar refractivity (Wildman–Crippen MR) is 174 cm³/mol. The van der Waals surface area contributed by atoms with Crippen LogP contribution >= 0.6 is 0 Å². The molecule has 5 rings (SSSR count). The lowest BCUT2D eigenvalue weighted by atomic mass is 9.79. The van der Waals surface area contributed by atoms with Crippen LogP contribution in [0.15, 0.2) is 115 Å². The van der Waals surface area contributed by atoms with Gasteiger partial charge in [0.2, 0.25) is 0 Å². The van der Waals surface area contributed by atoms with Crippen molar-refractivity contribution in [3.8, 4) is 11.1 Å². The number of alkyl carbamates (subject to hydrolysis) is 1. The van der Waals surface area contributed by atoms with Gasteiger partial charge in [0.1, 0.15) is 11.6 Å². The number of nitrogens with one attached hydrogen (secondary N) is 2. The highest BCUT2D eigenvalue weighted by Crippen LogP contribution is 2.42. The molecule has 0 radical (unpaired) electrons. The van der Waals surface area contributed by atoms with Crippen LogP contribution in [0.2, 0.25) is 0 Å². The topological polar surface area (TPSA) is 81.6 Å². The third kappa shape index (κ3) is 6.38. The average molecular weight is 590 g/mol. The number of hydroxylamine groups is 1. The van der Waals surface area contributed by atoms with Crippen molar-refractivity contribution in [1.29, 1.82) is 0 Å². The monoisotopic (exact) mass is 589 g/mol. The van der Waals surface area contributed by atoms with Crippen molar-refractivity contribution in [2.75, 3.05) is 0 Å². The Morgan fingerprint density at radius 3 is 2.00 bits per heavy atom. The molecule has 0 aliphatic heterocycles. The standard InChI is InChI=1S/C37H39N3O4/c1-6-40-25-32(31-22-13-14-23-33(31)40)27-16-15-21-30(24-27)37(28-17-9-7-10-18-28,29-19-11-8-12-20-29)44-39-34(41)26(2)38-35(42)43-36(3,4)5/h7-26H,6H2,1-5H3,(H,38,42)(H,39,41). The minimum absolute atomic E-state index is 0.519. The van der Waals surface area contributed by atoms with Crippen molar-refractivity contribution >= 4 is 22.9 Å². The first-order valence-electron chi connectivity index (χ1n) is 14.9. The number of carbonyl (C=O) groups excluding carboxylic acids is 2. The molecule has 7 nitrogen and oxygen atoms in total. The van der Waals surface area contributed by atoms with E-state index in [9.17, 15) is 9.59 Å². The summed E-state index contributed by atoms with van der Waals surface area (Å²) >= 11 is 0. The number of amides is 2. The van der Waals surface area contributed by atoms with Crippen LogP contribution in [0.25, 0.3) is 22.0 Å². The molecule has 0 saturated heterocycles. The molecule has 0 spiro atoms. The molecular weight excluding hydrogens is 550 g/mol. The number of rotatable bonds is 9. The van der Waals surface area contributed by atoms with Crippen molar-refractivity contribution in [2.24, 2.45) is 0 Å². The van der Waals surface area contributed by atoms with E-state index in [0.717, 1.165) is 39.7 Å². The number of nitrogens with zero attached hydrogens (tertiary/aromatic N) is 1. The van der Waals surface area contributed by atoms with Gasteiger partial charge in [-0.1, -0.05) is 97.1 Å². The Morgan fingerprint density at radius 2 is 1.39 bits per heavy atom. The maximum Gasteiger partial charge on any atom is 0.408 e. The minimum Gasteiger partial charge on any atom is -0.444 e. The number of fused-ring (bicyclic) bond motifs is 1. The Balaban J connectivity index is 1.59. The zero-order valence-electron chi connectivity index (χ0n) is 25.8. The molecule has 2 N–H and O–H groups in total. The molecular formula is C37H39N3O4. The predicted octanol–water partition coefficient (Wildman–Crippen LogP) is 7.58. The normalized spacial score (nSPS) is 12.5. The Hall–Kier alpha value is -4.88. The van der Waals surface area contributed by atoms with Gasteiger partial charge in [-0.25, -0.2) is 10.3 Å². The molecule has 7 heteroatoms. The summed E-state index contributed by atoms with van der Waals surface area (Å²) in [7, 11) is 0. The van der Waals surface area contributed by atoms with E-state index in [4.69, 9.17) is 9.57 Å². The number of para-hydroxylation sites is 1. The highest BCUT2D eigenvalue weighted by molar-refractivity contribution is 5.96. The second-order valence-electron chi connectivity index (χ2n) is 11.8. The molecule has 5 aromatic rings. The summed E-state index contributed by atoms with van der Waals surface area (Å²) in [6, 6.07) is 35.3. The van der Waals surface area contributed by atoms with E-state index in [1.165, 1.54) is 5.52 Å². The van der Waals surface area contributed by atoms with E-state index in [-0.39, 0.29) is 0 Å². The molecule has 0 aliphatic rings. The van der Waals surface area contributed by atoms with Crippen molar-refractivity contribution in [3.63, 3.8) is 0 Å². The third-order valence-corrected chi connectivity index (χ3v) is 7.50. The molecule has 2 amide bonds. The minimum atomic E-state index is -1.22. The molecule has 0 saturated carbocycles. The van der Waals surface area contributed by atoms with Gasteiger partial charge in [-0.3, -0.25) is 9.63 Å². The van der Waals surface area contributed by atoms with Crippen LogP contribution in [0.5, 0.6) is 0 Å². The number of hydrogen-bond donors (Lipinski definition) is 2. The zero-order chi connectivity index (χ0) is 31.3. The third-order valence-electron chi connectivity index (χ3n) is 7.50. The quantitative estimate of drug-likeness (QED) is 0.137. The van der Waals surface area contributed by atoms with Gasteiger partial charge in [0, 0.05) is 29.2 Å². The van der Waals surface area contributed by atoms with Gasteiger partial charge in [-0.05, 0) is 69.0 Å². The van der Waals surface area contributed by atoms with Crippen LogP contribution in [0.1, 0.15) is 51.3 Å². The summed E-state index contributed by atoms with van der Waals surface area (Å²) in [5, 5.41) is 3.75. The van der Waals surface area contributed by atoms with Crippen molar-refractivity contribution in [1.82, 2.24) is 15.4 Å². The fraction of sp³-hybridized carbons (Fsp3) is 0.243. The van der Waals surface area contributed by atoms with E-state index < -0.39 is 29.2 Å². The first kappa shape index (κ1) is 30.6. The summed E-state index contributed by atoms with van der Waals surface area (Å²) in [5.41, 5.74) is 6.55. The molecule has 0 fully saturated rings. The van der Waals surface area contributed by atoms with E-state index in [1.54, 1.807) is 27.7 Å². The zero-order valence-corrected chi connectivity index (χ0v) is 25.8. The summed E-state index contributed by atoms with van der Waals surface area (Å²) in [6.07, 6.45) is 1.50. The molecule has 0 aliphatic carbocycles. The highest BCUT2D eigenvalue weighted by atomic mass is 16.7. The van der Waals surface area contributed by atoms with Crippen LogP contribution in [-0.4, -0.2) is 28.2 Å². The van der Waals surface area contributed by atoms with Gasteiger partial charge < -0.3 is 14.6 Å². The Kier molecular flexibility index (Phi) is 8.88. The number of hydrogen-bond acceptors (Lipinski definition) is 4. The molecule has 0 bridgehead atoms. The van der Waals surface area contributed by atoms with Gasteiger partial charge in [-0.15, -0.1) is 0 Å². The van der Waals surface area contributed by atoms with Gasteiger partial charge in [0.15, 0.2) is 5.60 Å².